The van der Waals surface area contributed by atoms with Crippen molar-refractivity contribution in [3.63, 3.8) is 0 Å². The number of nitrogens with one attached hydrogen (secondary N) is 2. The zero-order valence-corrected chi connectivity index (χ0v) is 9.32. The van der Waals surface area contributed by atoms with Crippen LogP contribution in [-0.4, -0.2) is 32.1 Å². The standard InChI is InChI=1S/C12H16N2O2/c1-16-11-4-2-3-9(7-11)12(15)14-10-5-6-13-8-10/h2-4,7,10,13H,5-6,8H2,1H3,(H,14,15)/t10-/m0/s1. The largest absolute Gasteiger partial charge is 0.497 e. The van der Waals surface area contributed by atoms with Gasteiger partial charge in [0.15, 0.2) is 0 Å². The highest BCUT2D eigenvalue weighted by molar-refractivity contribution is 5.94. The number of carbonyl (C=O) groups excluding carboxylic acids is 1. The van der Waals surface area contributed by atoms with E-state index in [9.17, 15) is 4.79 Å². The summed E-state index contributed by atoms with van der Waals surface area (Å²) in [5.74, 6) is 0.671. The maximum Gasteiger partial charge on any atom is 0.251 e. The van der Waals surface area contributed by atoms with Gasteiger partial charge in [-0.05, 0) is 31.2 Å². The Labute approximate surface area is 95.0 Å². The minimum Gasteiger partial charge on any atom is -0.497 e. The molecule has 1 aliphatic rings. The van der Waals surface area contributed by atoms with Crippen LogP contribution in [0.3, 0.4) is 0 Å². The van der Waals surface area contributed by atoms with Crippen molar-refractivity contribution in [2.75, 3.05) is 20.2 Å². The fourth-order valence-corrected chi connectivity index (χ4v) is 1.81. The van der Waals surface area contributed by atoms with Gasteiger partial charge in [0.05, 0.1) is 7.11 Å². The van der Waals surface area contributed by atoms with Gasteiger partial charge in [0.1, 0.15) is 5.75 Å². The highest BCUT2D eigenvalue weighted by Gasteiger charge is 2.17. The van der Waals surface area contributed by atoms with Crippen LogP contribution in [0.2, 0.25) is 0 Å². The van der Waals surface area contributed by atoms with E-state index in [1.807, 2.05) is 12.1 Å². The Hall–Kier alpha value is -1.55. The zero-order chi connectivity index (χ0) is 11.4. The van der Waals surface area contributed by atoms with Gasteiger partial charge in [0, 0.05) is 18.2 Å². The number of amides is 1. The summed E-state index contributed by atoms with van der Waals surface area (Å²) in [6.45, 7) is 1.83. The van der Waals surface area contributed by atoms with Crippen LogP contribution < -0.4 is 15.4 Å². The Balaban J connectivity index is 2.01. The monoisotopic (exact) mass is 220 g/mol. The molecule has 0 unspecified atom stereocenters. The van der Waals surface area contributed by atoms with Gasteiger partial charge in [-0.25, -0.2) is 0 Å². The van der Waals surface area contributed by atoms with Crippen molar-refractivity contribution in [1.29, 1.82) is 0 Å². The molecule has 1 saturated heterocycles. The van der Waals surface area contributed by atoms with Crippen LogP contribution >= 0.6 is 0 Å². The van der Waals surface area contributed by atoms with Gasteiger partial charge in [0.25, 0.3) is 5.91 Å². The van der Waals surface area contributed by atoms with Crippen LogP contribution in [0, 0.1) is 0 Å². The Bertz CT molecular complexity index is 373. The average molecular weight is 220 g/mol. The molecule has 86 valence electrons. The van der Waals surface area contributed by atoms with Crippen molar-refractivity contribution < 1.29 is 9.53 Å². The normalized spacial score (nSPS) is 19.4. The van der Waals surface area contributed by atoms with Crippen LogP contribution in [0.15, 0.2) is 24.3 Å². The van der Waals surface area contributed by atoms with E-state index < -0.39 is 0 Å². The van der Waals surface area contributed by atoms with Gasteiger partial charge in [-0.1, -0.05) is 6.07 Å². The second kappa shape index (κ2) is 4.99. The molecule has 1 aromatic carbocycles. The fraction of sp³-hybridized carbons (Fsp3) is 0.417. The molecule has 0 spiro atoms. The maximum atomic E-state index is 11.9. The van der Waals surface area contributed by atoms with E-state index in [4.69, 9.17) is 4.74 Å². The molecule has 0 bridgehead atoms. The first kappa shape index (κ1) is 11.0. The lowest BCUT2D eigenvalue weighted by Gasteiger charge is -2.11. The number of carbonyl (C=O) groups is 1. The van der Waals surface area contributed by atoms with E-state index in [0.717, 1.165) is 19.5 Å². The topological polar surface area (TPSA) is 50.4 Å². The summed E-state index contributed by atoms with van der Waals surface area (Å²) >= 11 is 0. The second-order valence-corrected chi connectivity index (χ2v) is 3.90. The molecule has 4 heteroatoms. The molecule has 0 aliphatic carbocycles. The van der Waals surface area contributed by atoms with Gasteiger partial charge in [-0.2, -0.15) is 0 Å². The minimum absolute atomic E-state index is 0.0346. The van der Waals surface area contributed by atoms with E-state index in [-0.39, 0.29) is 11.9 Å². The molecule has 2 rings (SSSR count). The van der Waals surface area contributed by atoms with Gasteiger partial charge in [-0.3, -0.25) is 4.79 Å². The third-order valence-electron chi connectivity index (χ3n) is 2.73. The van der Waals surface area contributed by atoms with Crippen LogP contribution in [0.4, 0.5) is 0 Å². The molecule has 1 amide bonds. The van der Waals surface area contributed by atoms with Gasteiger partial charge >= 0.3 is 0 Å². The molecule has 1 aromatic rings. The number of hydrogen-bond donors (Lipinski definition) is 2. The number of methoxy groups -OCH3 is 1. The lowest BCUT2D eigenvalue weighted by atomic mass is 10.2. The Morgan fingerprint density at radius 1 is 1.56 bits per heavy atom. The van der Waals surface area contributed by atoms with E-state index in [1.165, 1.54) is 0 Å². The summed E-state index contributed by atoms with van der Waals surface area (Å²) in [5.41, 5.74) is 0.645. The predicted octanol–water partition coefficient (Wildman–Crippen LogP) is 0.787. The second-order valence-electron chi connectivity index (χ2n) is 3.90. The average Bonchev–Trinajstić information content (AvgIpc) is 2.82. The van der Waals surface area contributed by atoms with Crippen LogP contribution in [-0.2, 0) is 0 Å². The quantitative estimate of drug-likeness (QED) is 0.791. The van der Waals surface area contributed by atoms with Crippen molar-refractivity contribution in [2.45, 2.75) is 12.5 Å². The number of rotatable bonds is 3. The summed E-state index contributed by atoms with van der Waals surface area (Å²) in [5, 5.41) is 6.20. The molecular formula is C12H16N2O2. The SMILES string of the molecule is COc1cccc(C(=O)N[C@H]2CCNC2)c1. The summed E-state index contributed by atoms with van der Waals surface area (Å²) in [7, 11) is 1.60. The number of benzene rings is 1. The Morgan fingerprint density at radius 2 is 2.44 bits per heavy atom. The molecular weight excluding hydrogens is 204 g/mol. The van der Waals surface area contributed by atoms with Crippen molar-refractivity contribution in [2.24, 2.45) is 0 Å². The zero-order valence-electron chi connectivity index (χ0n) is 9.32. The fourth-order valence-electron chi connectivity index (χ4n) is 1.81. The highest BCUT2D eigenvalue weighted by atomic mass is 16.5. The summed E-state index contributed by atoms with van der Waals surface area (Å²) in [4.78, 5) is 11.9. The van der Waals surface area contributed by atoms with Crippen molar-refractivity contribution in [1.82, 2.24) is 10.6 Å². The molecule has 1 fully saturated rings. The van der Waals surface area contributed by atoms with Gasteiger partial charge in [-0.15, -0.1) is 0 Å². The first-order valence-electron chi connectivity index (χ1n) is 5.45. The molecule has 0 saturated carbocycles. The van der Waals surface area contributed by atoms with E-state index in [1.54, 1.807) is 19.2 Å². The number of ether oxygens (including phenoxy) is 1. The molecule has 0 aromatic heterocycles. The third kappa shape index (κ3) is 2.52. The summed E-state index contributed by atoms with van der Waals surface area (Å²) in [6, 6.07) is 7.44. The number of hydrogen-bond acceptors (Lipinski definition) is 3. The molecule has 1 atom stereocenters. The van der Waals surface area contributed by atoms with Crippen molar-refractivity contribution in [3.05, 3.63) is 29.8 Å². The highest BCUT2D eigenvalue weighted by Crippen LogP contribution is 2.12. The third-order valence-corrected chi connectivity index (χ3v) is 2.73. The Kier molecular flexibility index (Phi) is 3.41. The minimum atomic E-state index is -0.0346. The molecule has 16 heavy (non-hydrogen) atoms. The van der Waals surface area contributed by atoms with Crippen LogP contribution in [0.1, 0.15) is 16.8 Å². The van der Waals surface area contributed by atoms with Crippen LogP contribution in [0.25, 0.3) is 0 Å². The van der Waals surface area contributed by atoms with Gasteiger partial charge in [0.2, 0.25) is 0 Å². The Morgan fingerprint density at radius 3 is 3.12 bits per heavy atom. The lowest BCUT2D eigenvalue weighted by molar-refractivity contribution is 0.0939. The molecule has 0 radical (unpaired) electrons. The molecule has 1 aliphatic heterocycles. The van der Waals surface area contributed by atoms with Crippen molar-refractivity contribution >= 4 is 5.91 Å². The summed E-state index contributed by atoms with van der Waals surface area (Å²) in [6.07, 6.45) is 0.996. The first-order valence-corrected chi connectivity index (χ1v) is 5.45. The van der Waals surface area contributed by atoms with Crippen LogP contribution in [0.5, 0.6) is 5.75 Å². The first-order chi connectivity index (χ1) is 7.79. The molecule has 2 N–H and O–H groups in total. The van der Waals surface area contributed by atoms with E-state index in [2.05, 4.69) is 10.6 Å². The predicted molar refractivity (Wildman–Crippen MR) is 61.7 cm³/mol. The van der Waals surface area contributed by atoms with E-state index in [0.29, 0.717) is 11.3 Å². The lowest BCUT2D eigenvalue weighted by Crippen LogP contribution is -2.36. The van der Waals surface area contributed by atoms with E-state index >= 15 is 0 Å². The van der Waals surface area contributed by atoms with Gasteiger partial charge < -0.3 is 15.4 Å². The molecule has 1 heterocycles. The summed E-state index contributed by atoms with van der Waals surface area (Å²) < 4.78 is 5.08. The smallest absolute Gasteiger partial charge is 0.251 e. The maximum absolute atomic E-state index is 11.9. The molecule has 4 nitrogen and oxygen atoms in total. The van der Waals surface area contributed by atoms with Crippen molar-refractivity contribution in [3.8, 4) is 5.75 Å².